The minimum absolute atomic E-state index is 0.0358. The van der Waals surface area contributed by atoms with Crippen molar-refractivity contribution >= 4 is 17.6 Å². The molecule has 2 rings (SSSR count). The van der Waals surface area contributed by atoms with Crippen molar-refractivity contribution in [2.24, 2.45) is 0 Å². The van der Waals surface area contributed by atoms with Crippen LogP contribution in [-0.2, 0) is 16.0 Å². The topological polar surface area (TPSA) is 108 Å². The summed E-state index contributed by atoms with van der Waals surface area (Å²) < 4.78 is 9.76. The van der Waals surface area contributed by atoms with E-state index in [4.69, 9.17) is 9.47 Å². The number of benzene rings is 2. The van der Waals surface area contributed by atoms with Gasteiger partial charge >= 0.3 is 11.7 Å². The Hall–Kier alpha value is -3.42. The smallest absolute Gasteiger partial charge is 0.328 e. The Balaban J connectivity index is 2.27. The number of nitrogens with one attached hydrogen (secondary N) is 1. The van der Waals surface area contributed by atoms with Crippen molar-refractivity contribution in [1.82, 2.24) is 5.32 Å². The highest BCUT2D eigenvalue weighted by atomic mass is 16.6. The summed E-state index contributed by atoms with van der Waals surface area (Å²) in [6, 6.07) is 8.75. The number of aryl methyl sites for hydroxylation is 2. The lowest BCUT2D eigenvalue weighted by atomic mass is 10.0. The first-order valence-electron chi connectivity index (χ1n) is 8.53. The van der Waals surface area contributed by atoms with Crippen molar-refractivity contribution in [3.05, 3.63) is 68.8 Å². The molecule has 0 saturated carbocycles. The Morgan fingerprint density at radius 1 is 1.11 bits per heavy atom. The zero-order valence-electron chi connectivity index (χ0n) is 16.1. The molecule has 0 saturated heterocycles. The lowest BCUT2D eigenvalue weighted by Crippen LogP contribution is -2.43. The molecular formula is C20H22N2O6. The van der Waals surface area contributed by atoms with Gasteiger partial charge in [-0.3, -0.25) is 14.9 Å². The van der Waals surface area contributed by atoms with E-state index in [-0.39, 0.29) is 17.9 Å². The maximum atomic E-state index is 12.6. The van der Waals surface area contributed by atoms with E-state index in [1.54, 1.807) is 18.2 Å². The van der Waals surface area contributed by atoms with Crippen LogP contribution in [0.5, 0.6) is 5.75 Å². The van der Waals surface area contributed by atoms with Crippen molar-refractivity contribution < 1.29 is 24.0 Å². The third-order valence-corrected chi connectivity index (χ3v) is 4.15. The Morgan fingerprint density at radius 3 is 2.29 bits per heavy atom. The Labute approximate surface area is 162 Å². The standard InChI is InChI=1S/C20H22N2O6/c1-12-7-13(2)9-15(8-12)19(23)21-16(20(24)28-4)10-14-5-6-18(27-3)17(11-14)22(25)26/h5-9,11,16H,10H2,1-4H3,(H,21,23)/t16-/m1/s1. The monoisotopic (exact) mass is 386 g/mol. The predicted octanol–water partition coefficient (Wildman–Crippen LogP) is 2.73. The van der Waals surface area contributed by atoms with E-state index in [1.165, 1.54) is 26.4 Å². The zero-order chi connectivity index (χ0) is 20.8. The molecule has 0 aliphatic heterocycles. The number of rotatable bonds is 7. The fourth-order valence-electron chi connectivity index (χ4n) is 2.92. The molecule has 0 aliphatic rings. The van der Waals surface area contributed by atoms with Crippen LogP contribution in [0.25, 0.3) is 0 Å². The average Bonchev–Trinajstić information content (AvgIpc) is 2.65. The summed E-state index contributed by atoms with van der Waals surface area (Å²) in [5.41, 5.74) is 2.54. The summed E-state index contributed by atoms with van der Waals surface area (Å²) in [7, 11) is 2.55. The quantitative estimate of drug-likeness (QED) is 0.445. The molecular weight excluding hydrogens is 364 g/mol. The van der Waals surface area contributed by atoms with Crippen LogP contribution >= 0.6 is 0 Å². The molecule has 2 aromatic rings. The highest BCUT2D eigenvalue weighted by Crippen LogP contribution is 2.28. The normalized spacial score (nSPS) is 11.4. The number of esters is 1. The Kier molecular flexibility index (Phi) is 6.70. The molecule has 8 nitrogen and oxygen atoms in total. The first-order valence-corrected chi connectivity index (χ1v) is 8.53. The fraction of sp³-hybridized carbons (Fsp3) is 0.300. The lowest BCUT2D eigenvalue weighted by Gasteiger charge is -2.17. The second-order valence-corrected chi connectivity index (χ2v) is 6.39. The average molecular weight is 386 g/mol. The van der Waals surface area contributed by atoms with E-state index in [2.05, 4.69) is 5.32 Å². The van der Waals surface area contributed by atoms with Crippen LogP contribution in [0.15, 0.2) is 36.4 Å². The third kappa shape index (κ3) is 5.06. The van der Waals surface area contributed by atoms with Crippen molar-refractivity contribution in [2.75, 3.05) is 14.2 Å². The Bertz CT molecular complexity index is 889. The van der Waals surface area contributed by atoms with Gasteiger partial charge in [0.2, 0.25) is 0 Å². The molecule has 2 aromatic carbocycles. The van der Waals surface area contributed by atoms with E-state index in [1.807, 2.05) is 19.9 Å². The second-order valence-electron chi connectivity index (χ2n) is 6.39. The van der Waals surface area contributed by atoms with Crippen LogP contribution in [0.3, 0.4) is 0 Å². The van der Waals surface area contributed by atoms with Gasteiger partial charge in [-0.25, -0.2) is 4.79 Å². The van der Waals surface area contributed by atoms with E-state index < -0.39 is 22.8 Å². The van der Waals surface area contributed by atoms with Crippen LogP contribution in [0, 0.1) is 24.0 Å². The van der Waals surface area contributed by atoms with Crippen LogP contribution in [0.2, 0.25) is 0 Å². The summed E-state index contributed by atoms with van der Waals surface area (Å²) in [5, 5.41) is 13.8. The van der Waals surface area contributed by atoms with E-state index >= 15 is 0 Å². The second kappa shape index (κ2) is 8.98. The highest BCUT2D eigenvalue weighted by molar-refractivity contribution is 5.97. The van der Waals surface area contributed by atoms with Crippen molar-refractivity contribution in [3.8, 4) is 5.75 Å². The summed E-state index contributed by atoms with van der Waals surface area (Å²) in [6.45, 7) is 3.75. The zero-order valence-corrected chi connectivity index (χ0v) is 16.1. The predicted molar refractivity (Wildman–Crippen MR) is 103 cm³/mol. The number of ether oxygens (including phenoxy) is 2. The molecule has 0 heterocycles. The van der Waals surface area contributed by atoms with Crippen molar-refractivity contribution in [1.29, 1.82) is 0 Å². The largest absolute Gasteiger partial charge is 0.490 e. The first kappa shape index (κ1) is 20.9. The number of nitro benzene ring substituents is 1. The molecule has 0 radical (unpaired) electrons. The van der Waals surface area contributed by atoms with Crippen LogP contribution in [-0.4, -0.2) is 37.1 Å². The molecule has 0 aliphatic carbocycles. The van der Waals surface area contributed by atoms with Crippen LogP contribution < -0.4 is 10.1 Å². The highest BCUT2D eigenvalue weighted by Gasteiger charge is 2.24. The van der Waals surface area contributed by atoms with Crippen LogP contribution in [0.4, 0.5) is 5.69 Å². The number of methoxy groups -OCH3 is 2. The first-order chi connectivity index (χ1) is 13.2. The molecule has 0 fully saturated rings. The van der Waals surface area contributed by atoms with Gasteiger partial charge in [0, 0.05) is 18.1 Å². The number of hydrogen-bond acceptors (Lipinski definition) is 6. The summed E-state index contributed by atoms with van der Waals surface area (Å²) in [5.74, 6) is -0.955. The van der Waals surface area contributed by atoms with E-state index in [0.717, 1.165) is 11.1 Å². The van der Waals surface area contributed by atoms with Gasteiger partial charge in [0.25, 0.3) is 5.91 Å². The molecule has 8 heteroatoms. The van der Waals surface area contributed by atoms with Crippen molar-refractivity contribution in [2.45, 2.75) is 26.3 Å². The molecule has 0 unspecified atom stereocenters. The SMILES string of the molecule is COC(=O)[C@@H](Cc1ccc(OC)c([N+](=O)[O-])c1)NC(=O)c1cc(C)cc(C)c1. The molecule has 1 amide bonds. The van der Waals surface area contributed by atoms with Gasteiger partial charge in [0.05, 0.1) is 19.1 Å². The van der Waals surface area contributed by atoms with Gasteiger partial charge in [-0.1, -0.05) is 23.3 Å². The van der Waals surface area contributed by atoms with Gasteiger partial charge in [0.1, 0.15) is 6.04 Å². The molecule has 0 spiro atoms. The van der Waals surface area contributed by atoms with Gasteiger partial charge in [-0.2, -0.15) is 0 Å². The van der Waals surface area contributed by atoms with Crippen molar-refractivity contribution in [3.63, 3.8) is 0 Å². The van der Waals surface area contributed by atoms with E-state index in [9.17, 15) is 19.7 Å². The fourth-order valence-corrected chi connectivity index (χ4v) is 2.92. The summed E-state index contributed by atoms with van der Waals surface area (Å²) >= 11 is 0. The maximum absolute atomic E-state index is 12.6. The minimum Gasteiger partial charge on any atom is -0.490 e. The number of hydrogen-bond donors (Lipinski definition) is 1. The van der Waals surface area contributed by atoms with Crippen LogP contribution in [0.1, 0.15) is 27.0 Å². The molecule has 1 atom stereocenters. The van der Waals surface area contributed by atoms with Gasteiger partial charge in [0.15, 0.2) is 5.75 Å². The molecule has 0 bridgehead atoms. The van der Waals surface area contributed by atoms with Gasteiger partial charge < -0.3 is 14.8 Å². The molecule has 148 valence electrons. The molecule has 0 aromatic heterocycles. The molecule has 28 heavy (non-hydrogen) atoms. The minimum atomic E-state index is -0.994. The number of carbonyl (C=O) groups excluding carboxylic acids is 2. The number of nitro groups is 1. The van der Waals surface area contributed by atoms with Gasteiger partial charge in [-0.15, -0.1) is 0 Å². The summed E-state index contributed by atoms with van der Waals surface area (Å²) in [4.78, 5) is 35.4. The number of amides is 1. The number of carbonyl (C=O) groups is 2. The third-order valence-electron chi connectivity index (χ3n) is 4.15. The Morgan fingerprint density at radius 2 is 1.75 bits per heavy atom. The summed E-state index contributed by atoms with van der Waals surface area (Å²) in [6.07, 6.45) is 0.0358. The molecule has 1 N–H and O–H groups in total. The number of nitrogens with zero attached hydrogens (tertiary/aromatic N) is 1. The lowest BCUT2D eigenvalue weighted by molar-refractivity contribution is -0.385. The van der Waals surface area contributed by atoms with Gasteiger partial charge in [-0.05, 0) is 37.6 Å². The van der Waals surface area contributed by atoms with E-state index in [0.29, 0.717) is 11.1 Å². The maximum Gasteiger partial charge on any atom is 0.328 e.